The van der Waals surface area contributed by atoms with E-state index in [0.717, 1.165) is 17.1 Å². The van der Waals surface area contributed by atoms with Gasteiger partial charge in [0.05, 0.1) is 10.9 Å². The lowest BCUT2D eigenvalue weighted by molar-refractivity contribution is -0.144. The summed E-state index contributed by atoms with van der Waals surface area (Å²) < 4.78 is 0. The fourth-order valence-corrected chi connectivity index (χ4v) is 2.88. The van der Waals surface area contributed by atoms with E-state index in [1.54, 1.807) is 23.2 Å². The molecule has 110 valence electrons. The molecule has 1 atom stereocenters. The Hall–Kier alpha value is -1.63. The largest absolute Gasteiger partial charge is 0.481 e. The van der Waals surface area contributed by atoms with Crippen molar-refractivity contribution in [3.8, 4) is 0 Å². The predicted octanol–water partition coefficient (Wildman–Crippen LogP) is 1.36. The number of aliphatic carboxylic acids is 1. The van der Waals surface area contributed by atoms with Gasteiger partial charge in [0.1, 0.15) is 0 Å². The van der Waals surface area contributed by atoms with Crippen molar-refractivity contribution < 1.29 is 14.7 Å². The van der Waals surface area contributed by atoms with Crippen LogP contribution in [0.2, 0.25) is 0 Å². The second-order valence-electron chi connectivity index (χ2n) is 5.16. The van der Waals surface area contributed by atoms with Gasteiger partial charge in [-0.1, -0.05) is 6.92 Å². The van der Waals surface area contributed by atoms with E-state index in [4.69, 9.17) is 5.11 Å². The van der Waals surface area contributed by atoms with Gasteiger partial charge in [-0.3, -0.25) is 4.79 Å². The Morgan fingerprint density at radius 2 is 2.30 bits per heavy atom. The minimum atomic E-state index is -0.797. The Morgan fingerprint density at radius 3 is 2.85 bits per heavy atom. The monoisotopic (exact) mass is 297 g/mol. The van der Waals surface area contributed by atoms with E-state index in [1.807, 2.05) is 12.3 Å². The maximum atomic E-state index is 11.8. The van der Waals surface area contributed by atoms with Gasteiger partial charge in [-0.25, -0.2) is 9.78 Å². The van der Waals surface area contributed by atoms with E-state index in [-0.39, 0.29) is 11.9 Å². The van der Waals surface area contributed by atoms with Gasteiger partial charge in [-0.15, -0.1) is 11.3 Å². The summed E-state index contributed by atoms with van der Waals surface area (Å²) in [6.07, 6.45) is 0.729. The number of nitrogens with one attached hydrogen (secondary N) is 1. The Morgan fingerprint density at radius 1 is 1.60 bits per heavy atom. The number of thiazole rings is 1. The van der Waals surface area contributed by atoms with Gasteiger partial charge in [0.25, 0.3) is 0 Å². The van der Waals surface area contributed by atoms with Crippen molar-refractivity contribution in [1.82, 2.24) is 15.2 Å². The summed E-state index contributed by atoms with van der Waals surface area (Å²) >= 11 is 1.60. The Labute approximate surface area is 121 Å². The fraction of sp³-hybridized carbons (Fsp3) is 0.615. The van der Waals surface area contributed by atoms with E-state index in [2.05, 4.69) is 10.3 Å². The van der Waals surface area contributed by atoms with Crippen LogP contribution in [0.15, 0.2) is 5.38 Å². The van der Waals surface area contributed by atoms with Crippen LogP contribution in [-0.2, 0) is 11.2 Å². The first-order valence-corrected chi connectivity index (χ1v) is 7.52. The molecule has 1 aliphatic heterocycles. The zero-order valence-corrected chi connectivity index (χ0v) is 12.4. The predicted molar refractivity (Wildman–Crippen MR) is 75.8 cm³/mol. The lowest BCUT2D eigenvalue weighted by Crippen LogP contribution is -2.56. The Balaban J connectivity index is 1.66. The molecule has 0 saturated carbocycles. The summed E-state index contributed by atoms with van der Waals surface area (Å²) in [5.41, 5.74) is 1.00. The number of carboxylic acids is 1. The highest BCUT2D eigenvalue weighted by molar-refractivity contribution is 7.09. The number of aromatic nitrogens is 1. The lowest BCUT2D eigenvalue weighted by Gasteiger charge is -2.41. The first-order chi connectivity index (χ1) is 9.47. The number of urea groups is 1. The molecule has 1 aromatic heterocycles. The molecule has 2 amide bonds. The number of amides is 2. The second kappa shape index (κ2) is 6.21. The van der Waals surface area contributed by atoms with Crippen LogP contribution in [0.3, 0.4) is 0 Å². The van der Waals surface area contributed by atoms with E-state index in [1.165, 1.54) is 0 Å². The fourth-order valence-electron chi connectivity index (χ4n) is 2.10. The van der Waals surface area contributed by atoms with Crippen molar-refractivity contribution in [3.63, 3.8) is 0 Å². The van der Waals surface area contributed by atoms with Gasteiger partial charge in [0.2, 0.25) is 0 Å². The maximum absolute atomic E-state index is 11.8. The normalized spacial score (nSPS) is 16.6. The van der Waals surface area contributed by atoms with E-state index >= 15 is 0 Å². The third kappa shape index (κ3) is 3.47. The minimum Gasteiger partial charge on any atom is -0.481 e. The number of hydrogen-bond acceptors (Lipinski definition) is 4. The molecule has 2 rings (SSSR count). The SMILES string of the molecule is Cc1csc(CCNC(=O)N2CC(C(C)C(=O)O)C2)n1. The third-order valence-electron chi connectivity index (χ3n) is 3.58. The van der Waals surface area contributed by atoms with Crippen LogP contribution in [0.5, 0.6) is 0 Å². The van der Waals surface area contributed by atoms with Gasteiger partial charge in [0, 0.05) is 43.0 Å². The van der Waals surface area contributed by atoms with Crippen molar-refractivity contribution >= 4 is 23.3 Å². The summed E-state index contributed by atoms with van der Waals surface area (Å²) in [4.78, 5) is 28.6. The van der Waals surface area contributed by atoms with Gasteiger partial charge in [-0.2, -0.15) is 0 Å². The van der Waals surface area contributed by atoms with Gasteiger partial charge in [-0.05, 0) is 6.92 Å². The molecular formula is C13H19N3O3S. The van der Waals surface area contributed by atoms with Crippen molar-refractivity contribution in [3.05, 3.63) is 16.1 Å². The molecule has 7 heteroatoms. The van der Waals surface area contributed by atoms with Crippen LogP contribution < -0.4 is 5.32 Å². The van der Waals surface area contributed by atoms with E-state index in [0.29, 0.717) is 19.6 Å². The van der Waals surface area contributed by atoms with Crippen LogP contribution in [0.1, 0.15) is 17.6 Å². The van der Waals surface area contributed by atoms with E-state index in [9.17, 15) is 9.59 Å². The summed E-state index contributed by atoms with van der Waals surface area (Å²) in [5, 5.41) is 14.7. The van der Waals surface area contributed by atoms with Crippen LogP contribution in [0.4, 0.5) is 4.79 Å². The van der Waals surface area contributed by atoms with Crippen LogP contribution in [0, 0.1) is 18.8 Å². The number of likely N-dealkylation sites (tertiary alicyclic amines) is 1. The van der Waals surface area contributed by atoms with Crippen LogP contribution in [0.25, 0.3) is 0 Å². The molecular weight excluding hydrogens is 278 g/mol. The highest BCUT2D eigenvalue weighted by atomic mass is 32.1. The smallest absolute Gasteiger partial charge is 0.317 e. The van der Waals surface area contributed by atoms with E-state index < -0.39 is 11.9 Å². The lowest BCUT2D eigenvalue weighted by atomic mass is 9.87. The minimum absolute atomic E-state index is 0.0693. The van der Waals surface area contributed by atoms with Gasteiger partial charge >= 0.3 is 12.0 Å². The highest BCUT2D eigenvalue weighted by Gasteiger charge is 2.36. The molecule has 2 heterocycles. The zero-order chi connectivity index (χ0) is 14.7. The van der Waals surface area contributed by atoms with Gasteiger partial charge in [0.15, 0.2) is 0 Å². The molecule has 20 heavy (non-hydrogen) atoms. The summed E-state index contributed by atoms with van der Waals surface area (Å²) in [5.74, 6) is -1.12. The molecule has 1 aliphatic rings. The molecule has 0 spiro atoms. The first kappa shape index (κ1) is 14.8. The standard InChI is InChI=1S/C13H19N3O3S/c1-8-7-20-11(15-8)3-4-14-13(19)16-5-10(6-16)9(2)12(17)18/h7,9-10H,3-6H2,1-2H3,(H,14,19)(H,17,18). The van der Waals surface area contributed by atoms with Crippen LogP contribution >= 0.6 is 11.3 Å². The number of rotatable bonds is 5. The number of hydrogen-bond donors (Lipinski definition) is 2. The number of nitrogens with zero attached hydrogens (tertiary/aromatic N) is 2. The molecule has 1 fully saturated rings. The first-order valence-electron chi connectivity index (χ1n) is 6.64. The van der Waals surface area contributed by atoms with Crippen molar-refractivity contribution in [1.29, 1.82) is 0 Å². The number of carboxylic acid groups (broad SMARTS) is 1. The molecule has 0 aliphatic carbocycles. The molecule has 1 saturated heterocycles. The average Bonchev–Trinajstić information content (AvgIpc) is 2.73. The average molecular weight is 297 g/mol. The van der Waals surface area contributed by atoms with Crippen molar-refractivity contribution in [2.75, 3.05) is 19.6 Å². The summed E-state index contributed by atoms with van der Waals surface area (Å²) in [6, 6.07) is -0.118. The highest BCUT2D eigenvalue weighted by Crippen LogP contribution is 2.23. The second-order valence-corrected chi connectivity index (χ2v) is 6.10. The number of carbonyl (C=O) groups is 2. The molecule has 0 bridgehead atoms. The molecule has 1 aromatic rings. The molecule has 1 unspecified atom stereocenters. The molecule has 2 N–H and O–H groups in total. The molecule has 0 aromatic carbocycles. The van der Waals surface area contributed by atoms with Crippen LogP contribution in [-0.4, -0.2) is 46.6 Å². The molecule has 0 radical (unpaired) electrons. The Kier molecular flexibility index (Phi) is 4.59. The summed E-state index contributed by atoms with van der Waals surface area (Å²) in [6.45, 7) is 5.24. The quantitative estimate of drug-likeness (QED) is 0.859. The maximum Gasteiger partial charge on any atom is 0.317 e. The number of carbonyl (C=O) groups excluding carboxylic acids is 1. The summed E-state index contributed by atoms with van der Waals surface area (Å²) in [7, 11) is 0. The topological polar surface area (TPSA) is 82.5 Å². The molecule has 6 nitrogen and oxygen atoms in total. The van der Waals surface area contributed by atoms with Gasteiger partial charge < -0.3 is 15.3 Å². The van der Waals surface area contributed by atoms with Crippen molar-refractivity contribution in [2.45, 2.75) is 20.3 Å². The zero-order valence-electron chi connectivity index (χ0n) is 11.6. The third-order valence-corrected chi connectivity index (χ3v) is 4.60. The Bertz CT molecular complexity index is 497. The van der Waals surface area contributed by atoms with Crippen molar-refractivity contribution in [2.24, 2.45) is 11.8 Å². The number of aryl methyl sites for hydroxylation is 1.